The highest BCUT2D eigenvalue weighted by atomic mass is 16.6. The quantitative estimate of drug-likeness (QED) is 0.506. The predicted octanol–water partition coefficient (Wildman–Crippen LogP) is 1.79. The smallest absolute Gasteiger partial charge is 0.309 e. The normalized spacial score (nSPS) is 22.7. The van der Waals surface area contributed by atoms with E-state index in [4.69, 9.17) is 4.74 Å². The van der Waals surface area contributed by atoms with Crippen molar-refractivity contribution in [3.05, 3.63) is 17.8 Å². The Kier molecular flexibility index (Phi) is 7.37. The summed E-state index contributed by atoms with van der Waals surface area (Å²) in [5.41, 5.74) is 0.0757. The standard InChI is InChI=1S/C25H35N5O5/c1-25(2,3)35-24(34)17-10-14-30(15-11-17)23(33)16-8-12-29(13-9-16)20-6-5-19(27-28-20)18-4-7-21(31)26-22(18)32/h5-6,16-18H,4,7-15H2,1-3H3,(H,26,31,32). The van der Waals surface area contributed by atoms with E-state index in [1.54, 1.807) is 6.07 Å². The van der Waals surface area contributed by atoms with Crippen LogP contribution in [0.3, 0.4) is 0 Å². The van der Waals surface area contributed by atoms with E-state index in [9.17, 15) is 19.2 Å². The molecule has 35 heavy (non-hydrogen) atoms. The molecule has 4 heterocycles. The van der Waals surface area contributed by atoms with E-state index in [1.165, 1.54) is 0 Å². The van der Waals surface area contributed by atoms with E-state index < -0.39 is 11.5 Å². The zero-order valence-electron chi connectivity index (χ0n) is 20.8. The number of likely N-dealkylation sites (tertiary alicyclic amines) is 1. The minimum Gasteiger partial charge on any atom is -0.460 e. The third-order valence-electron chi connectivity index (χ3n) is 6.98. The van der Waals surface area contributed by atoms with Gasteiger partial charge in [0.2, 0.25) is 17.7 Å². The number of amides is 3. The Bertz CT molecular complexity index is 957. The van der Waals surface area contributed by atoms with Gasteiger partial charge in [0, 0.05) is 38.5 Å². The largest absolute Gasteiger partial charge is 0.460 e. The van der Waals surface area contributed by atoms with Crippen molar-refractivity contribution in [1.29, 1.82) is 0 Å². The molecule has 0 bridgehead atoms. The van der Waals surface area contributed by atoms with Gasteiger partial charge < -0.3 is 14.5 Å². The molecular weight excluding hydrogens is 450 g/mol. The van der Waals surface area contributed by atoms with E-state index in [0.717, 1.165) is 18.7 Å². The molecule has 190 valence electrons. The Hall–Kier alpha value is -3.04. The number of carbonyl (C=O) groups excluding carboxylic acids is 4. The van der Waals surface area contributed by atoms with E-state index >= 15 is 0 Å². The van der Waals surface area contributed by atoms with Crippen molar-refractivity contribution < 1.29 is 23.9 Å². The molecule has 3 aliphatic rings. The molecule has 1 N–H and O–H groups in total. The first kappa shape index (κ1) is 25.1. The molecule has 0 aliphatic carbocycles. The number of esters is 1. The molecule has 0 aromatic carbocycles. The van der Waals surface area contributed by atoms with Crippen LogP contribution in [0.2, 0.25) is 0 Å². The summed E-state index contributed by atoms with van der Waals surface area (Å²) < 4.78 is 5.50. The number of ether oxygens (including phenoxy) is 1. The number of nitrogens with one attached hydrogen (secondary N) is 1. The van der Waals surface area contributed by atoms with Gasteiger partial charge in [0.1, 0.15) is 5.60 Å². The number of hydrogen-bond donors (Lipinski definition) is 1. The summed E-state index contributed by atoms with van der Waals surface area (Å²) in [6, 6.07) is 3.66. The van der Waals surface area contributed by atoms with Gasteiger partial charge in [0.25, 0.3) is 0 Å². The van der Waals surface area contributed by atoms with Crippen LogP contribution in [0, 0.1) is 11.8 Å². The van der Waals surface area contributed by atoms with Crippen molar-refractivity contribution in [1.82, 2.24) is 20.4 Å². The predicted molar refractivity (Wildman–Crippen MR) is 127 cm³/mol. The molecule has 3 aliphatic heterocycles. The summed E-state index contributed by atoms with van der Waals surface area (Å²) in [5, 5.41) is 10.9. The molecule has 1 atom stereocenters. The lowest BCUT2D eigenvalue weighted by Crippen LogP contribution is -2.46. The lowest BCUT2D eigenvalue weighted by Gasteiger charge is -2.37. The first-order valence-electron chi connectivity index (χ1n) is 12.5. The number of piperidine rings is 3. The van der Waals surface area contributed by atoms with Gasteiger partial charge in [0.05, 0.1) is 17.5 Å². The lowest BCUT2D eigenvalue weighted by molar-refractivity contribution is -0.162. The number of rotatable bonds is 4. The zero-order chi connectivity index (χ0) is 25.2. The third kappa shape index (κ3) is 6.15. The second-order valence-corrected chi connectivity index (χ2v) is 10.7. The molecule has 3 amide bonds. The van der Waals surface area contributed by atoms with E-state index in [-0.39, 0.29) is 35.5 Å². The van der Waals surface area contributed by atoms with Gasteiger partial charge in [-0.25, -0.2) is 0 Å². The molecule has 0 radical (unpaired) electrons. The number of imide groups is 1. The van der Waals surface area contributed by atoms with Crippen LogP contribution in [0.25, 0.3) is 0 Å². The van der Waals surface area contributed by atoms with E-state index in [1.807, 2.05) is 31.7 Å². The highest BCUT2D eigenvalue weighted by Gasteiger charge is 2.35. The van der Waals surface area contributed by atoms with Gasteiger partial charge in [-0.15, -0.1) is 5.10 Å². The summed E-state index contributed by atoms with van der Waals surface area (Å²) in [5.74, 6) is -0.448. The second-order valence-electron chi connectivity index (χ2n) is 10.7. The van der Waals surface area contributed by atoms with Crippen LogP contribution in [0.1, 0.15) is 70.9 Å². The minimum atomic E-state index is -0.492. The number of hydrogen-bond acceptors (Lipinski definition) is 8. The third-order valence-corrected chi connectivity index (χ3v) is 6.98. The summed E-state index contributed by atoms with van der Waals surface area (Å²) in [6.07, 6.45) is 3.52. The topological polar surface area (TPSA) is 122 Å². The molecule has 0 saturated carbocycles. The number of nitrogens with zero attached hydrogens (tertiary/aromatic N) is 4. The van der Waals surface area contributed by atoms with Gasteiger partial charge in [-0.3, -0.25) is 24.5 Å². The monoisotopic (exact) mass is 485 g/mol. The first-order chi connectivity index (χ1) is 16.6. The Morgan fingerprint density at radius 2 is 1.60 bits per heavy atom. The molecule has 1 unspecified atom stereocenters. The van der Waals surface area contributed by atoms with Crippen molar-refractivity contribution >= 4 is 29.5 Å². The van der Waals surface area contributed by atoms with E-state index in [2.05, 4.69) is 20.4 Å². The highest BCUT2D eigenvalue weighted by molar-refractivity contribution is 6.00. The average Bonchev–Trinajstić information content (AvgIpc) is 2.83. The molecule has 0 spiro atoms. The fraction of sp³-hybridized carbons (Fsp3) is 0.680. The second kappa shape index (κ2) is 10.3. The van der Waals surface area contributed by atoms with Gasteiger partial charge in [-0.05, 0) is 65.0 Å². The Labute approximate surface area is 205 Å². The lowest BCUT2D eigenvalue weighted by atomic mass is 9.92. The van der Waals surface area contributed by atoms with Gasteiger partial charge in [-0.1, -0.05) is 0 Å². The van der Waals surface area contributed by atoms with Crippen LogP contribution in [-0.4, -0.2) is 70.6 Å². The summed E-state index contributed by atoms with van der Waals surface area (Å²) in [6.45, 7) is 8.21. The van der Waals surface area contributed by atoms with Gasteiger partial charge >= 0.3 is 5.97 Å². The summed E-state index contributed by atoms with van der Waals surface area (Å²) in [4.78, 5) is 52.8. The highest BCUT2D eigenvalue weighted by Crippen LogP contribution is 2.28. The van der Waals surface area contributed by atoms with Crippen molar-refractivity contribution in [3.63, 3.8) is 0 Å². The average molecular weight is 486 g/mol. The number of aromatic nitrogens is 2. The molecule has 1 aromatic heterocycles. The maximum Gasteiger partial charge on any atom is 0.309 e. The zero-order valence-corrected chi connectivity index (χ0v) is 20.8. The van der Waals surface area contributed by atoms with Crippen LogP contribution >= 0.6 is 0 Å². The van der Waals surface area contributed by atoms with Crippen molar-refractivity contribution in [3.8, 4) is 0 Å². The van der Waals surface area contributed by atoms with Gasteiger partial charge in [0.15, 0.2) is 5.82 Å². The van der Waals surface area contributed by atoms with E-state index in [0.29, 0.717) is 57.6 Å². The number of anilines is 1. The van der Waals surface area contributed by atoms with Crippen molar-refractivity contribution in [2.24, 2.45) is 11.8 Å². The molecule has 4 rings (SSSR count). The fourth-order valence-electron chi connectivity index (χ4n) is 5.00. The maximum absolute atomic E-state index is 13.1. The molecule has 10 heteroatoms. The fourth-order valence-corrected chi connectivity index (χ4v) is 5.00. The SMILES string of the molecule is CC(C)(C)OC(=O)C1CCN(C(=O)C2CCN(c3ccc(C4CCC(=O)NC4=O)nn3)CC2)CC1. The minimum absolute atomic E-state index is 0.0277. The van der Waals surface area contributed by atoms with Crippen LogP contribution in [0.4, 0.5) is 5.82 Å². The van der Waals surface area contributed by atoms with Crippen LogP contribution in [0.15, 0.2) is 12.1 Å². The van der Waals surface area contributed by atoms with Crippen LogP contribution in [0.5, 0.6) is 0 Å². The Morgan fingerprint density at radius 1 is 0.943 bits per heavy atom. The van der Waals surface area contributed by atoms with Crippen molar-refractivity contribution in [2.75, 3.05) is 31.1 Å². The molecule has 3 saturated heterocycles. The molecule has 3 fully saturated rings. The van der Waals surface area contributed by atoms with Crippen LogP contribution in [-0.2, 0) is 23.9 Å². The maximum atomic E-state index is 13.1. The van der Waals surface area contributed by atoms with Crippen LogP contribution < -0.4 is 10.2 Å². The molecular formula is C25H35N5O5. The summed E-state index contributed by atoms with van der Waals surface area (Å²) >= 11 is 0. The van der Waals surface area contributed by atoms with Crippen molar-refractivity contribution in [2.45, 2.75) is 70.8 Å². The number of carbonyl (C=O) groups is 4. The Morgan fingerprint density at radius 3 is 2.17 bits per heavy atom. The van der Waals surface area contributed by atoms with Gasteiger partial charge in [-0.2, -0.15) is 5.10 Å². The Balaban J connectivity index is 1.24. The first-order valence-corrected chi connectivity index (χ1v) is 12.5. The molecule has 10 nitrogen and oxygen atoms in total. The molecule has 1 aromatic rings. The summed E-state index contributed by atoms with van der Waals surface area (Å²) in [7, 11) is 0.